The van der Waals surface area contributed by atoms with E-state index in [2.05, 4.69) is 19.2 Å². The Morgan fingerprint density at radius 3 is 2.11 bits per heavy atom. The summed E-state index contributed by atoms with van der Waals surface area (Å²) < 4.78 is 25.2. The van der Waals surface area contributed by atoms with Crippen LogP contribution in [0.1, 0.15) is 66.4 Å². The summed E-state index contributed by atoms with van der Waals surface area (Å²) in [5.41, 5.74) is 12.2. The van der Waals surface area contributed by atoms with Gasteiger partial charge in [0.2, 0.25) is 11.8 Å². The highest BCUT2D eigenvalue weighted by Crippen LogP contribution is 2.32. The number of phosphoric acid groups is 1. The Labute approximate surface area is 262 Å². The van der Waals surface area contributed by atoms with Crippen molar-refractivity contribution in [3.05, 3.63) is 23.8 Å². The first-order valence-electron chi connectivity index (χ1n) is 14.8. The molecule has 0 heterocycles. The highest BCUT2D eigenvalue weighted by atomic mass is 31.2. The van der Waals surface area contributed by atoms with Crippen LogP contribution in [-0.2, 0) is 25.3 Å². The van der Waals surface area contributed by atoms with Crippen LogP contribution in [0.2, 0.25) is 0 Å². The third-order valence-corrected chi connectivity index (χ3v) is 7.50. The van der Waals surface area contributed by atoms with Gasteiger partial charge in [-0.1, -0.05) is 33.8 Å². The number of carbonyl (C=O) groups is 2. The molecule has 0 saturated heterocycles. The van der Waals surface area contributed by atoms with E-state index in [0.717, 1.165) is 18.4 Å². The van der Waals surface area contributed by atoms with Gasteiger partial charge in [-0.05, 0) is 68.6 Å². The summed E-state index contributed by atoms with van der Waals surface area (Å²) in [5.74, 6) is 0.792. The van der Waals surface area contributed by atoms with Gasteiger partial charge in [0.05, 0.1) is 33.1 Å². The number of ether oxygens (including phenoxy) is 3. The van der Waals surface area contributed by atoms with Gasteiger partial charge >= 0.3 is 0 Å². The van der Waals surface area contributed by atoms with Crippen molar-refractivity contribution in [2.24, 2.45) is 40.6 Å². The van der Waals surface area contributed by atoms with Crippen LogP contribution < -0.4 is 36.0 Å². The van der Waals surface area contributed by atoms with E-state index in [0.29, 0.717) is 37.1 Å². The standard InChI is InChI=1S/C30H53N3O6.H3O4P/c1-19(2)22(14-21-10-11-26(38-8)27(15-21)39-13-9-12-37-7)16-24(31)25(34)17-23(20(3)4)28(35)33-18-30(5,6)29(32)36;1-5(2,3)4/h10-11,15,19-20,22-25,34H,9,12-14,16-18,31H2,1-8H3,(H2,32,36)(H,33,35);(H3,1,2,3,4)/p-2/t22-,23-,24-,25-;/m0./s1. The molecule has 4 atom stereocenters. The van der Waals surface area contributed by atoms with E-state index in [-0.39, 0.29) is 30.7 Å². The molecule has 0 aliphatic rings. The topological polar surface area (TPSA) is 230 Å². The zero-order valence-corrected chi connectivity index (χ0v) is 28.3. The molecule has 44 heavy (non-hydrogen) atoms. The summed E-state index contributed by atoms with van der Waals surface area (Å²) in [6, 6.07) is 5.47. The number of aliphatic hydroxyl groups excluding tert-OH is 1. The molecule has 7 N–H and O–H groups in total. The highest BCUT2D eigenvalue weighted by molar-refractivity contribution is 7.42. The fourth-order valence-electron chi connectivity index (χ4n) is 4.39. The Balaban J connectivity index is 0.00000340. The largest absolute Gasteiger partial charge is 0.790 e. The summed E-state index contributed by atoms with van der Waals surface area (Å²) in [6.45, 7) is 12.9. The van der Waals surface area contributed by atoms with Crippen molar-refractivity contribution < 1.29 is 48.2 Å². The monoisotopic (exact) mass is 647 g/mol. The maximum Gasteiger partial charge on any atom is 0.224 e. The lowest BCUT2D eigenvalue weighted by Gasteiger charge is -2.30. The summed E-state index contributed by atoms with van der Waals surface area (Å²) in [5, 5.41) is 13.9. The Hall–Kier alpha value is -2.25. The van der Waals surface area contributed by atoms with Gasteiger partial charge in [0.15, 0.2) is 11.5 Å². The highest BCUT2D eigenvalue weighted by Gasteiger charge is 2.32. The molecular weight excluding hydrogens is 593 g/mol. The Bertz CT molecular complexity index is 1040. The van der Waals surface area contributed by atoms with Crippen LogP contribution in [-0.4, -0.2) is 67.9 Å². The van der Waals surface area contributed by atoms with Crippen LogP contribution in [0.3, 0.4) is 0 Å². The van der Waals surface area contributed by atoms with E-state index in [9.17, 15) is 14.7 Å². The zero-order valence-electron chi connectivity index (χ0n) is 27.4. The Morgan fingerprint density at radius 1 is 1.05 bits per heavy atom. The number of hydrogen-bond donors (Lipinski definition) is 5. The van der Waals surface area contributed by atoms with Crippen LogP contribution in [0.25, 0.3) is 0 Å². The van der Waals surface area contributed by atoms with Crippen LogP contribution in [0.4, 0.5) is 0 Å². The average molecular weight is 648 g/mol. The number of nitrogens with two attached hydrogens (primary N) is 2. The second-order valence-electron chi connectivity index (χ2n) is 12.4. The van der Waals surface area contributed by atoms with Gasteiger partial charge in [0, 0.05) is 38.6 Å². The Morgan fingerprint density at radius 2 is 1.64 bits per heavy atom. The second kappa shape index (κ2) is 20.0. The minimum Gasteiger partial charge on any atom is -0.790 e. The molecule has 1 aromatic carbocycles. The molecule has 0 spiro atoms. The number of nitrogens with one attached hydrogen (secondary N) is 1. The molecule has 1 aromatic rings. The fraction of sp³-hybridized carbons (Fsp3) is 0.733. The van der Waals surface area contributed by atoms with Gasteiger partial charge in [-0.25, -0.2) is 0 Å². The third kappa shape index (κ3) is 17.3. The van der Waals surface area contributed by atoms with Crippen molar-refractivity contribution in [2.75, 3.05) is 34.0 Å². The van der Waals surface area contributed by atoms with Crippen molar-refractivity contribution in [3.63, 3.8) is 0 Å². The van der Waals surface area contributed by atoms with E-state index in [1.165, 1.54) is 0 Å². The lowest BCUT2D eigenvalue weighted by molar-refractivity contribution is -0.337. The van der Waals surface area contributed by atoms with E-state index >= 15 is 0 Å². The molecule has 2 amide bonds. The minimum absolute atomic E-state index is 0.00829. The summed E-state index contributed by atoms with van der Waals surface area (Å²) in [6.07, 6.45) is 1.56. The van der Waals surface area contributed by atoms with Crippen molar-refractivity contribution >= 4 is 19.6 Å². The smallest absolute Gasteiger partial charge is 0.224 e. The summed E-state index contributed by atoms with van der Waals surface area (Å²) in [4.78, 5) is 48.8. The average Bonchev–Trinajstić information content (AvgIpc) is 2.91. The first-order chi connectivity index (χ1) is 20.2. The van der Waals surface area contributed by atoms with Gasteiger partial charge in [0.1, 0.15) is 0 Å². The van der Waals surface area contributed by atoms with Gasteiger partial charge in [-0.2, -0.15) is 0 Å². The molecule has 0 fully saturated rings. The fourth-order valence-corrected chi connectivity index (χ4v) is 4.39. The zero-order chi connectivity index (χ0) is 34.3. The van der Waals surface area contributed by atoms with Crippen LogP contribution >= 0.6 is 7.82 Å². The quantitative estimate of drug-likeness (QED) is 0.105. The summed E-state index contributed by atoms with van der Waals surface area (Å²) in [7, 11) is -1.85. The van der Waals surface area contributed by atoms with Crippen LogP contribution in [0, 0.1) is 29.1 Å². The maximum absolute atomic E-state index is 12.9. The number of methoxy groups -OCH3 is 2. The second-order valence-corrected chi connectivity index (χ2v) is 13.3. The van der Waals surface area contributed by atoms with Crippen molar-refractivity contribution in [3.8, 4) is 11.5 Å². The van der Waals surface area contributed by atoms with E-state index in [1.54, 1.807) is 28.1 Å². The number of carbonyl (C=O) groups excluding carboxylic acids is 2. The number of rotatable bonds is 19. The van der Waals surface area contributed by atoms with Crippen LogP contribution in [0.5, 0.6) is 11.5 Å². The molecular formula is C30H54N3O10P-2. The lowest BCUT2D eigenvalue weighted by atomic mass is 9.80. The molecule has 0 bridgehead atoms. The van der Waals surface area contributed by atoms with Gasteiger partial charge in [0.25, 0.3) is 0 Å². The summed E-state index contributed by atoms with van der Waals surface area (Å²) >= 11 is 0. The maximum atomic E-state index is 12.9. The number of aliphatic hydroxyl groups is 1. The van der Waals surface area contributed by atoms with Crippen molar-refractivity contribution in [1.82, 2.24) is 5.32 Å². The van der Waals surface area contributed by atoms with Crippen molar-refractivity contribution in [1.29, 1.82) is 0 Å². The molecule has 0 radical (unpaired) electrons. The van der Waals surface area contributed by atoms with Crippen molar-refractivity contribution in [2.45, 2.75) is 79.4 Å². The minimum atomic E-state index is -5.14. The SMILES string of the molecule is COCCCOc1cc(C[C@@H](C[C@H](N)[C@@H](O)C[C@H](C(=O)NCC(C)(C)C(N)=O)C(C)C)C(C)C)ccc1OC.O=P([O-])([O-])O. The normalized spacial score (nSPS) is 14.7. The first kappa shape index (κ1) is 41.8. The predicted molar refractivity (Wildman–Crippen MR) is 164 cm³/mol. The molecule has 14 heteroatoms. The molecule has 1 rings (SSSR count). The van der Waals surface area contributed by atoms with Gasteiger partial charge < -0.3 is 55.3 Å². The number of benzene rings is 1. The van der Waals surface area contributed by atoms with E-state index in [4.69, 9.17) is 44.9 Å². The number of amides is 2. The first-order valence-corrected chi connectivity index (χ1v) is 16.3. The third-order valence-electron chi connectivity index (χ3n) is 7.50. The molecule has 0 aliphatic heterocycles. The Kier molecular flexibility index (Phi) is 19.0. The van der Waals surface area contributed by atoms with E-state index < -0.39 is 37.2 Å². The van der Waals surface area contributed by atoms with Crippen LogP contribution in [0.15, 0.2) is 18.2 Å². The van der Waals surface area contributed by atoms with Gasteiger partial charge in [-0.15, -0.1) is 0 Å². The predicted octanol–water partition coefficient (Wildman–Crippen LogP) is 1.10. The van der Waals surface area contributed by atoms with Gasteiger partial charge in [-0.3, -0.25) is 9.59 Å². The molecule has 0 saturated carbocycles. The molecule has 0 aliphatic carbocycles. The lowest BCUT2D eigenvalue weighted by Crippen LogP contribution is -2.46. The molecule has 0 aromatic heterocycles. The van der Waals surface area contributed by atoms with E-state index in [1.807, 2.05) is 32.0 Å². The molecule has 0 unspecified atom stereocenters. The molecule has 13 nitrogen and oxygen atoms in total. The number of hydrogen-bond acceptors (Lipinski definition) is 10. The number of primary amides is 1. The molecule has 256 valence electrons.